The number of hydrogen-bond acceptors (Lipinski definition) is 5. The zero-order valence-electron chi connectivity index (χ0n) is 18.2. The number of benzene rings is 3. The predicted octanol–water partition coefficient (Wildman–Crippen LogP) is 5.05. The second-order valence-electron chi connectivity index (χ2n) is 7.17. The summed E-state index contributed by atoms with van der Waals surface area (Å²) < 4.78 is 10.3. The number of amides is 2. The van der Waals surface area contributed by atoms with E-state index in [4.69, 9.17) is 32.7 Å². The Morgan fingerprint density at radius 3 is 2.35 bits per heavy atom. The van der Waals surface area contributed by atoms with Gasteiger partial charge in [-0.05, 0) is 35.9 Å². The Kier molecular flexibility index (Phi) is 8.90. The van der Waals surface area contributed by atoms with Crippen LogP contribution in [0.15, 0.2) is 72.8 Å². The Hall–Kier alpha value is -3.55. The van der Waals surface area contributed by atoms with Crippen molar-refractivity contribution in [2.75, 3.05) is 19.0 Å². The first-order valence-corrected chi connectivity index (χ1v) is 11.0. The van der Waals surface area contributed by atoms with Crippen molar-refractivity contribution in [3.8, 4) is 5.75 Å². The quantitative estimate of drug-likeness (QED) is 0.401. The zero-order chi connectivity index (χ0) is 24.5. The van der Waals surface area contributed by atoms with E-state index in [-0.39, 0.29) is 12.0 Å². The van der Waals surface area contributed by atoms with E-state index in [2.05, 4.69) is 10.6 Å². The topological polar surface area (TPSA) is 93.7 Å². The van der Waals surface area contributed by atoms with Crippen LogP contribution in [0.25, 0.3) is 0 Å². The molecule has 7 nitrogen and oxygen atoms in total. The highest BCUT2D eigenvalue weighted by atomic mass is 35.5. The maximum absolute atomic E-state index is 12.8. The van der Waals surface area contributed by atoms with Crippen LogP contribution in [0.1, 0.15) is 28.4 Å². The SMILES string of the molecule is COc1ccc(Cl)cc1NC(=O)COC(=O)CC(NC(=O)c1ccccc1Cl)c1ccccc1. The fourth-order valence-electron chi connectivity index (χ4n) is 3.15. The lowest BCUT2D eigenvalue weighted by atomic mass is 10.0. The summed E-state index contributed by atoms with van der Waals surface area (Å²) in [5.74, 6) is -1.25. The normalized spacial score (nSPS) is 11.3. The van der Waals surface area contributed by atoms with Gasteiger partial charge < -0.3 is 20.1 Å². The first-order chi connectivity index (χ1) is 16.4. The summed E-state index contributed by atoms with van der Waals surface area (Å²) in [6.07, 6.45) is -0.187. The lowest BCUT2D eigenvalue weighted by Gasteiger charge is -2.19. The van der Waals surface area contributed by atoms with Gasteiger partial charge in [-0.3, -0.25) is 14.4 Å². The first-order valence-electron chi connectivity index (χ1n) is 10.3. The van der Waals surface area contributed by atoms with Gasteiger partial charge in [0, 0.05) is 5.02 Å². The highest BCUT2D eigenvalue weighted by Gasteiger charge is 2.22. The Morgan fingerprint density at radius 1 is 0.941 bits per heavy atom. The largest absolute Gasteiger partial charge is 0.495 e. The molecule has 0 aliphatic heterocycles. The molecule has 2 amide bonds. The zero-order valence-corrected chi connectivity index (χ0v) is 19.7. The maximum atomic E-state index is 12.8. The Balaban J connectivity index is 1.63. The van der Waals surface area contributed by atoms with Gasteiger partial charge in [0.2, 0.25) is 0 Å². The van der Waals surface area contributed by atoms with E-state index in [9.17, 15) is 14.4 Å². The van der Waals surface area contributed by atoms with Crippen LogP contribution in [0.5, 0.6) is 5.75 Å². The minimum Gasteiger partial charge on any atom is -0.495 e. The van der Waals surface area contributed by atoms with E-state index in [1.54, 1.807) is 60.7 Å². The van der Waals surface area contributed by atoms with Crippen molar-refractivity contribution < 1.29 is 23.9 Å². The van der Waals surface area contributed by atoms with E-state index in [0.29, 0.717) is 27.0 Å². The van der Waals surface area contributed by atoms with E-state index in [1.807, 2.05) is 6.07 Å². The fraction of sp³-hybridized carbons (Fsp3) is 0.160. The molecule has 34 heavy (non-hydrogen) atoms. The first kappa shape index (κ1) is 25.1. The molecular weight excluding hydrogens is 479 g/mol. The summed E-state index contributed by atoms with van der Waals surface area (Å²) in [6.45, 7) is -0.519. The predicted molar refractivity (Wildman–Crippen MR) is 130 cm³/mol. The fourth-order valence-corrected chi connectivity index (χ4v) is 3.55. The molecule has 0 saturated heterocycles. The molecule has 176 valence electrons. The van der Waals surface area contributed by atoms with Crippen LogP contribution in [-0.2, 0) is 14.3 Å². The number of carbonyl (C=O) groups excluding carboxylic acids is 3. The molecule has 0 spiro atoms. The third-order valence-corrected chi connectivity index (χ3v) is 5.36. The highest BCUT2D eigenvalue weighted by Crippen LogP contribution is 2.27. The van der Waals surface area contributed by atoms with Gasteiger partial charge >= 0.3 is 5.97 Å². The Bertz CT molecular complexity index is 1170. The van der Waals surface area contributed by atoms with Gasteiger partial charge in [0.25, 0.3) is 11.8 Å². The van der Waals surface area contributed by atoms with Crippen molar-refractivity contribution >= 4 is 46.7 Å². The summed E-state index contributed by atoms with van der Waals surface area (Å²) in [5.41, 5.74) is 1.34. The number of hydrogen-bond donors (Lipinski definition) is 2. The monoisotopic (exact) mass is 500 g/mol. The van der Waals surface area contributed by atoms with Gasteiger partial charge in [0.1, 0.15) is 5.75 Å². The van der Waals surface area contributed by atoms with Gasteiger partial charge in [0.15, 0.2) is 6.61 Å². The molecule has 0 aromatic heterocycles. The maximum Gasteiger partial charge on any atom is 0.308 e. The van der Waals surface area contributed by atoms with Crippen LogP contribution in [0.3, 0.4) is 0 Å². The molecule has 9 heteroatoms. The highest BCUT2D eigenvalue weighted by molar-refractivity contribution is 6.33. The van der Waals surface area contributed by atoms with Crippen molar-refractivity contribution in [2.45, 2.75) is 12.5 Å². The van der Waals surface area contributed by atoms with Gasteiger partial charge in [0.05, 0.1) is 35.8 Å². The number of rotatable bonds is 9. The van der Waals surface area contributed by atoms with Crippen LogP contribution < -0.4 is 15.4 Å². The van der Waals surface area contributed by atoms with Gasteiger partial charge in [-0.25, -0.2) is 0 Å². The molecule has 1 unspecified atom stereocenters. The van der Waals surface area contributed by atoms with Gasteiger partial charge in [-0.2, -0.15) is 0 Å². The summed E-state index contributed by atoms with van der Waals surface area (Å²) >= 11 is 12.1. The van der Waals surface area contributed by atoms with E-state index >= 15 is 0 Å². The van der Waals surface area contributed by atoms with E-state index in [0.717, 1.165) is 0 Å². The molecule has 0 fully saturated rings. The van der Waals surface area contributed by atoms with Crippen molar-refractivity contribution in [1.29, 1.82) is 0 Å². The number of esters is 1. The average molecular weight is 501 g/mol. The summed E-state index contributed by atoms with van der Waals surface area (Å²) in [5, 5.41) is 6.11. The van der Waals surface area contributed by atoms with Crippen LogP contribution >= 0.6 is 23.2 Å². The van der Waals surface area contributed by atoms with Crippen molar-refractivity contribution in [3.05, 3.63) is 94.0 Å². The summed E-state index contributed by atoms with van der Waals surface area (Å²) in [6, 6.07) is 19.6. The number of methoxy groups -OCH3 is 1. The van der Waals surface area contributed by atoms with Crippen molar-refractivity contribution in [3.63, 3.8) is 0 Å². The number of anilines is 1. The van der Waals surface area contributed by atoms with Gasteiger partial charge in [-0.1, -0.05) is 65.7 Å². The van der Waals surface area contributed by atoms with Crippen molar-refractivity contribution in [1.82, 2.24) is 5.32 Å². The number of nitrogens with one attached hydrogen (secondary N) is 2. The molecule has 3 rings (SSSR count). The molecule has 0 aliphatic carbocycles. The molecule has 2 N–H and O–H groups in total. The second kappa shape index (κ2) is 12.1. The summed E-state index contributed by atoms with van der Waals surface area (Å²) in [7, 11) is 1.46. The minimum atomic E-state index is -0.687. The van der Waals surface area contributed by atoms with Gasteiger partial charge in [-0.15, -0.1) is 0 Å². The molecule has 0 heterocycles. The average Bonchev–Trinajstić information content (AvgIpc) is 2.83. The Labute approximate surface area is 207 Å². The lowest BCUT2D eigenvalue weighted by molar-refractivity contribution is -0.147. The third-order valence-electron chi connectivity index (χ3n) is 4.80. The molecule has 1 atom stereocenters. The number of carbonyl (C=O) groups is 3. The molecule has 0 aliphatic rings. The molecule has 0 bridgehead atoms. The molecule has 3 aromatic carbocycles. The standard InChI is InChI=1S/C25H22Cl2N2O5/c1-33-22-12-11-17(26)13-21(22)28-23(30)15-34-24(31)14-20(16-7-3-2-4-8-16)29-25(32)18-9-5-6-10-19(18)27/h2-13,20H,14-15H2,1H3,(H,28,30)(H,29,32). The number of ether oxygens (including phenoxy) is 2. The van der Waals surface area contributed by atoms with Crippen molar-refractivity contribution in [2.24, 2.45) is 0 Å². The Morgan fingerprint density at radius 2 is 1.65 bits per heavy atom. The lowest BCUT2D eigenvalue weighted by Crippen LogP contribution is -2.31. The minimum absolute atomic E-state index is 0.187. The van der Waals surface area contributed by atoms with Crippen LogP contribution in [-0.4, -0.2) is 31.5 Å². The third kappa shape index (κ3) is 6.97. The van der Waals surface area contributed by atoms with Crippen LogP contribution in [0.2, 0.25) is 10.0 Å². The van der Waals surface area contributed by atoms with Crippen LogP contribution in [0.4, 0.5) is 5.69 Å². The van der Waals surface area contributed by atoms with E-state index < -0.39 is 30.4 Å². The van der Waals surface area contributed by atoms with Crippen LogP contribution in [0, 0.1) is 0 Å². The molecule has 0 radical (unpaired) electrons. The molecule has 3 aromatic rings. The smallest absolute Gasteiger partial charge is 0.308 e. The number of halogens is 2. The molecular formula is C25H22Cl2N2O5. The van der Waals surface area contributed by atoms with E-state index in [1.165, 1.54) is 13.2 Å². The second-order valence-corrected chi connectivity index (χ2v) is 8.02. The summed E-state index contributed by atoms with van der Waals surface area (Å²) in [4.78, 5) is 37.6. The molecule has 0 saturated carbocycles.